The molecule has 0 atom stereocenters. The standard InChI is InChI=1S/C13H13O4.5W.4Y/c1-8-5-13-10(6-12(8)15)3-4-11(17-13)7-16-9(2)14;;;;;;;;;/h15H,3-4,7H2,1-2H3;;;;;;;;;/q-3;;;;;;;;;. The fourth-order valence-electron chi connectivity index (χ4n) is 1.61. The smallest absolute Gasteiger partial charge is 0.300 e. The first-order valence-electron chi connectivity index (χ1n) is 5.39. The van der Waals surface area contributed by atoms with Crippen molar-refractivity contribution in [2.75, 3.05) is 6.61 Å². The van der Waals surface area contributed by atoms with Crippen LogP contribution in [0.2, 0.25) is 0 Å². The van der Waals surface area contributed by atoms with Crippen LogP contribution in [0.25, 0.3) is 0 Å². The Labute approximate surface area is 328 Å². The molecule has 13 heteroatoms. The van der Waals surface area contributed by atoms with E-state index in [-0.39, 0.29) is 254 Å². The van der Waals surface area contributed by atoms with Gasteiger partial charge in [0.2, 0.25) is 0 Å². The summed E-state index contributed by atoms with van der Waals surface area (Å²) in [7, 11) is 0. The van der Waals surface area contributed by atoms with E-state index in [0.717, 1.165) is 5.56 Å². The Hall–Kier alpha value is 6.15. The van der Waals surface area contributed by atoms with E-state index in [1.807, 2.05) is 0 Å². The summed E-state index contributed by atoms with van der Waals surface area (Å²) in [6, 6.07) is 5.81. The van der Waals surface area contributed by atoms with Crippen LogP contribution in [-0.4, -0.2) is 17.7 Å². The maximum Gasteiger partial charge on any atom is 0.300 e. The zero-order valence-electron chi connectivity index (χ0n) is 14.1. The number of rotatable bonds is 2. The minimum atomic E-state index is -0.329. The third-order valence-corrected chi connectivity index (χ3v) is 2.54. The molecule has 0 amide bonds. The van der Waals surface area contributed by atoms with Crippen molar-refractivity contribution in [3.8, 4) is 11.5 Å². The van der Waals surface area contributed by atoms with Crippen LogP contribution in [0.1, 0.15) is 24.5 Å². The number of aryl methyl sites for hydroxylation is 2. The first-order valence-corrected chi connectivity index (χ1v) is 5.39. The summed E-state index contributed by atoms with van der Waals surface area (Å²) in [5.41, 5.74) is 1.40. The zero-order valence-corrected chi connectivity index (χ0v) is 40.2. The molecule has 0 unspecified atom stereocenters. The van der Waals surface area contributed by atoms with Crippen molar-refractivity contribution in [2.24, 2.45) is 0 Å². The van der Waals surface area contributed by atoms with Crippen molar-refractivity contribution in [1.82, 2.24) is 0 Å². The van der Waals surface area contributed by atoms with E-state index in [2.05, 4.69) is 12.1 Å². The molecule has 134 valence electrons. The van der Waals surface area contributed by atoms with Gasteiger partial charge >= 0.3 is 0 Å². The molecule has 0 aliphatic carbocycles. The second-order valence-corrected chi connectivity index (χ2v) is 3.95. The van der Waals surface area contributed by atoms with Gasteiger partial charge in [-0.25, -0.2) is 11.1 Å². The predicted octanol–water partition coefficient (Wildman–Crippen LogP) is 1.70. The minimum Gasteiger partial charge on any atom is -0.729 e. The van der Waals surface area contributed by atoms with E-state index < -0.39 is 0 Å². The SMILES string of the molecule is CC(=O)OC[C-]1CCc2[c-]c(O)c(C)[c-]c2O1.[W].[W].[W].[W].[W].[Y].[Y].[Y].[Y]. The normalized spacial score (nSPS) is 9.77. The molecular formula is C13H13O4W5Y4-3. The molecule has 1 N–H and O–H groups in total. The number of aromatic hydroxyl groups is 1. The molecule has 4 nitrogen and oxygen atoms in total. The number of hydrogen-bond acceptors (Lipinski definition) is 4. The van der Waals surface area contributed by atoms with Crippen molar-refractivity contribution in [3.05, 3.63) is 29.4 Å². The molecule has 1 heterocycles. The van der Waals surface area contributed by atoms with Crippen LogP contribution in [0.4, 0.5) is 0 Å². The quantitative estimate of drug-likeness (QED) is 0.363. The van der Waals surface area contributed by atoms with Crippen molar-refractivity contribution >= 4 is 5.97 Å². The van der Waals surface area contributed by atoms with Gasteiger partial charge < -0.3 is 14.6 Å². The Morgan fingerprint density at radius 1 is 1.12 bits per heavy atom. The van der Waals surface area contributed by atoms with Crippen molar-refractivity contribution < 1.29 is 256 Å². The number of phenols is 1. The average Bonchev–Trinajstić information content (AvgIpc) is 2.28. The van der Waals surface area contributed by atoms with E-state index in [0.29, 0.717) is 30.3 Å². The summed E-state index contributed by atoms with van der Waals surface area (Å²) in [6.45, 7) is 3.26. The average molecular weight is 1510 g/mol. The van der Waals surface area contributed by atoms with Gasteiger partial charge in [0.15, 0.2) is 0 Å². The van der Waals surface area contributed by atoms with Crippen LogP contribution in [0.15, 0.2) is 0 Å². The molecule has 1 aromatic carbocycles. The Balaban J connectivity index is -0.0000000600. The number of ether oxygens (including phenoxy) is 2. The maximum absolute atomic E-state index is 10.7. The summed E-state index contributed by atoms with van der Waals surface area (Å²) in [4.78, 5) is 10.7. The monoisotopic (exact) mass is 1510 g/mol. The van der Waals surface area contributed by atoms with Crippen LogP contribution >= 0.6 is 0 Å². The molecule has 0 saturated carbocycles. The molecule has 1 aromatic rings. The summed E-state index contributed by atoms with van der Waals surface area (Å²) >= 11 is 0. The Bertz CT molecular complexity index is 472. The number of fused-ring (bicyclic) bond motifs is 1. The van der Waals surface area contributed by atoms with Crippen LogP contribution in [0.5, 0.6) is 11.5 Å². The number of esters is 1. The zero-order chi connectivity index (χ0) is 12.4. The molecule has 0 bridgehead atoms. The van der Waals surface area contributed by atoms with Crippen LogP contribution in [-0.2, 0) is 252 Å². The van der Waals surface area contributed by atoms with Crippen LogP contribution < -0.4 is 4.74 Å². The molecule has 1 aliphatic heterocycles. The fourth-order valence-corrected chi connectivity index (χ4v) is 1.61. The summed E-state index contributed by atoms with van der Waals surface area (Å²) in [5, 5.41) is 9.50. The number of carbonyl (C=O) groups is 1. The molecule has 26 heavy (non-hydrogen) atoms. The largest absolute Gasteiger partial charge is 0.729 e. The van der Waals surface area contributed by atoms with Crippen LogP contribution in [0.3, 0.4) is 0 Å². The summed E-state index contributed by atoms with van der Waals surface area (Å²) in [6.07, 6.45) is 2.06. The number of phenolic OH excluding ortho intramolecular Hbond substituents is 1. The van der Waals surface area contributed by atoms with E-state index in [1.165, 1.54) is 6.92 Å². The second-order valence-electron chi connectivity index (χ2n) is 3.95. The third kappa shape index (κ3) is 19.6. The van der Waals surface area contributed by atoms with Gasteiger partial charge in [0.25, 0.3) is 5.97 Å². The van der Waals surface area contributed by atoms with Crippen molar-refractivity contribution in [3.63, 3.8) is 0 Å². The van der Waals surface area contributed by atoms with Gasteiger partial charge in [0, 0.05) is 250 Å². The van der Waals surface area contributed by atoms with E-state index in [9.17, 15) is 9.90 Å². The fraction of sp³-hybridized carbons (Fsp3) is 0.385. The van der Waals surface area contributed by atoms with Crippen molar-refractivity contribution in [1.29, 1.82) is 0 Å². The van der Waals surface area contributed by atoms with E-state index >= 15 is 0 Å². The maximum atomic E-state index is 10.7. The van der Waals surface area contributed by atoms with Gasteiger partial charge in [-0.3, -0.25) is 16.9 Å². The Morgan fingerprint density at radius 2 is 1.62 bits per heavy atom. The topological polar surface area (TPSA) is 55.8 Å². The molecule has 0 aromatic heterocycles. The molecule has 2 rings (SSSR count). The first-order chi connectivity index (χ1) is 8.06. The molecule has 0 spiro atoms. The van der Waals surface area contributed by atoms with Crippen molar-refractivity contribution in [2.45, 2.75) is 26.7 Å². The number of benzene rings is 1. The third-order valence-electron chi connectivity index (χ3n) is 2.54. The summed E-state index contributed by atoms with van der Waals surface area (Å²) < 4.78 is 10.4. The van der Waals surface area contributed by atoms with E-state index in [4.69, 9.17) is 9.47 Å². The van der Waals surface area contributed by atoms with Gasteiger partial charge in [0.05, 0.1) is 0 Å². The molecule has 0 saturated heterocycles. The van der Waals surface area contributed by atoms with Gasteiger partial charge in [-0.2, -0.15) is 6.42 Å². The Morgan fingerprint density at radius 3 is 2.08 bits per heavy atom. The van der Waals surface area contributed by atoms with Gasteiger partial charge in [-0.15, -0.1) is 30.9 Å². The molecule has 1 aliphatic rings. The molecule has 0 fully saturated rings. The molecule has 4 radical (unpaired) electrons. The molecular weight excluding hydrogens is 1490 g/mol. The first kappa shape index (κ1) is 53.5. The summed E-state index contributed by atoms with van der Waals surface area (Å²) in [5.74, 6) is 0.341. The number of carbonyl (C=O) groups excluding carboxylic acids is 1. The minimum absolute atomic E-state index is 0. The van der Waals surface area contributed by atoms with E-state index in [1.54, 1.807) is 6.92 Å². The number of hydrogen-bond donors (Lipinski definition) is 1. The van der Waals surface area contributed by atoms with Gasteiger partial charge in [-0.05, 0) is 0 Å². The van der Waals surface area contributed by atoms with Crippen LogP contribution in [0, 0.1) is 25.2 Å². The van der Waals surface area contributed by atoms with Gasteiger partial charge in [0.1, 0.15) is 0 Å². The Kier molecular flexibility index (Phi) is 60.0. The predicted molar refractivity (Wildman–Crippen MR) is 59.3 cm³/mol. The second kappa shape index (κ2) is 29.2. The van der Waals surface area contributed by atoms with Gasteiger partial charge in [-0.1, -0.05) is 0 Å².